The number of carbonyl (C=O) groups excluding carboxylic acids is 1. The Morgan fingerprint density at radius 1 is 1.04 bits per heavy atom. The van der Waals surface area contributed by atoms with Gasteiger partial charge in [0.2, 0.25) is 15.8 Å². The number of benzene rings is 2. The largest absolute Gasteiger partial charge is 0.463 e. The number of hydrogen-bond donors (Lipinski definition) is 1. The van der Waals surface area contributed by atoms with Crippen LogP contribution >= 0.6 is 0 Å². The van der Waals surface area contributed by atoms with E-state index in [4.69, 9.17) is 14.3 Å². The molecule has 0 unspecified atom stereocenters. The number of methoxy groups -OCH3 is 1. The highest BCUT2D eigenvalue weighted by atomic mass is 32.2. The topological polar surface area (TPSA) is 99.6 Å². The van der Waals surface area contributed by atoms with Crippen molar-refractivity contribution < 1.29 is 26.8 Å². The number of carbonyl (C=O) groups is 1. The molecule has 26 heavy (non-hydrogen) atoms. The van der Waals surface area contributed by atoms with Gasteiger partial charge in [0.15, 0.2) is 0 Å². The molecule has 2 N–H and O–H groups in total. The zero-order valence-corrected chi connectivity index (χ0v) is 14.4. The van der Waals surface area contributed by atoms with Crippen molar-refractivity contribution in [2.75, 3.05) is 7.11 Å². The third-order valence-electron chi connectivity index (χ3n) is 3.79. The molecule has 0 atom stereocenters. The van der Waals surface area contributed by atoms with Gasteiger partial charge in [-0.05, 0) is 35.4 Å². The first kappa shape index (κ1) is 17.8. The van der Waals surface area contributed by atoms with E-state index >= 15 is 0 Å². The average molecular weight is 375 g/mol. The third kappa shape index (κ3) is 3.37. The Balaban J connectivity index is 2.19. The number of hydrogen-bond acceptors (Lipinski definition) is 5. The Kier molecular flexibility index (Phi) is 4.62. The SMILES string of the molecule is COC(=O)c1occ(-c2ccc(F)cc2)c1-c1ccc(S(N)(=O)=O)cc1. The molecule has 0 aliphatic carbocycles. The standard InChI is InChI=1S/C18H14FNO5S/c1-24-18(21)17-16(12-4-8-14(9-5-12)26(20,22)23)15(10-25-17)11-2-6-13(19)7-3-11/h2-10H,1H3,(H2,20,22,23). The lowest BCUT2D eigenvalue weighted by molar-refractivity contribution is 0.0566. The van der Waals surface area contributed by atoms with Gasteiger partial charge in [-0.25, -0.2) is 22.7 Å². The normalized spacial score (nSPS) is 11.3. The van der Waals surface area contributed by atoms with Crippen LogP contribution in [0.5, 0.6) is 0 Å². The number of furan rings is 1. The molecule has 8 heteroatoms. The van der Waals surface area contributed by atoms with Crippen LogP contribution < -0.4 is 5.14 Å². The van der Waals surface area contributed by atoms with Gasteiger partial charge >= 0.3 is 5.97 Å². The van der Waals surface area contributed by atoms with Crippen LogP contribution in [0.15, 0.2) is 64.1 Å². The molecule has 2 aromatic carbocycles. The van der Waals surface area contributed by atoms with Crippen molar-refractivity contribution in [1.29, 1.82) is 0 Å². The van der Waals surface area contributed by atoms with E-state index in [1.165, 1.54) is 49.8 Å². The molecule has 3 rings (SSSR count). The highest BCUT2D eigenvalue weighted by molar-refractivity contribution is 7.89. The van der Waals surface area contributed by atoms with Crippen molar-refractivity contribution in [3.63, 3.8) is 0 Å². The van der Waals surface area contributed by atoms with Crippen molar-refractivity contribution in [2.24, 2.45) is 5.14 Å². The van der Waals surface area contributed by atoms with E-state index in [1.807, 2.05) is 0 Å². The molecule has 0 radical (unpaired) electrons. The van der Waals surface area contributed by atoms with E-state index in [1.54, 1.807) is 12.1 Å². The van der Waals surface area contributed by atoms with Crippen LogP contribution in [-0.2, 0) is 14.8 Å². The third-order valence-corrected chi connectivity index (χ3v) is 4.72. The first-order valence-electron chi connectivity index (χ1n) is 7.40. The highest BCUT2D eigenvalue weighted by Crippen LogP contribution is 2.37. The summed E-state index contributed by atoms with van der Waals surface area (Å²) in [5, 5.41) is 5.10. The predicted octanol–water partition coefficient (Wildman–Crippen LogP) is 3.19. The minimum atomic E-state index is -3.84. The van der Waals surface area contributed by atoms with Gasteiger partial charge in [0.25, 0.3) is 0 Å². The fraction of sp³-hybridized carbons (Fsp3) is 0.0556. The molecule has 134 valence electrons. The summed E-state index contributed by atoms with van der Waals surface area (Å²) in [6, 6.07) is 11.3. The summed E-state index contributed by atoms with van der Waals surface area (Å²) in [6.45, 7) is 0. The summed E-state index contributed by atoms with van der Waals surface area (Å²) in [4.78, 5) is 12.0. The van der Waals surface area contributed by atoms with E-state index in [0.717, 1.165) is 0 Å². The number of ether oxygens (including phenoxy) is 1. The van der Waals surface area contributed by atoms with Gasteiger partial charge < -0.3 is 9.15 Å². The molecule has 0 aliphatic heterocycles. The lowest BCUT2D eigenvalue weighted by Gasteiger charge is -2.07. The number of rotatable bonds is 4. The average Bonchev–Trinajstić information content (AvgIpc) is 3.06. The second kappa shape index (κ2) is 6.74. The lowest BCUT2D eigenvalue weighted by Crippen LogP contribution is -2.11. The van der Waals surface area contributed by atoms with Gasteiger partial charge in [-0.1, -0.05) is 24.3 Å². The van der Waals surface area contributed by atoms with Crippen LogP contribution in [-0.4, -0.2) is 21.5 Å². The molecule has 3 aromatic rings. The first-order chi connectivity index (χ1) is 12.3. The van der Waals surface area contributed by atoms with Gasteiger partial charge in [0.1, 0.15) is 12.1 Å². The molecule has 0 aliphatic rings. The number of halogens is 1. The summed E-state index contributed by atoms with van der Waals surface area (Å²) >= 11 is 0. The number of primary sulfonamides is 1. The van der Waals surface area contributed by atoms with Crippen LogP contribution in [0.4, 0.5) is 4.39 Å². The number of esters is 1. The van der Waals surface area contributed by atoms with Crippen molar-refractivity contribution in [3.8, 4) is 22.3 Å². The van der Waals surface area contributed by atoms with Crippen LogP contribution in [0, 0.1) is 5.82 Å². The molecule has 1 heterocycles. The molecule has 6 nitrogen and oxygen atoms in total. The summed E-state index contributed by atoms with van der Waals surface area (Å²) in [5.74, 6) is -1.14. The maximum Gasteiger partial charge on any atom is 0.374 e. The summed E-state index contributed by atoms with van der Waals surface area (Å²) in [5.41, 5.74) is 2.08. The van der Waals surface area contributed by atoms with Gasteiger partial charge in [0, 0.05) is 11.1 Å². The predicted molar refractivity (Wildman–Crippen MR) is 92.3 cm³/mol. The monoisotopic (exact) mass is 375 g/mol. The minimum Gasteiger partial charge on any atom is -0.463 e. The summed E-state index contributed by atoms with van der Waals surface area (Å²) in [6.07, 6.45) is 1.36. The fourth-order valence-corrected chi connectivity index (χ4v) is 3.06. The van der Waals surface area contributed by atoms with Gasteiger partial charge in [-0.2, -0.15) is 0 Å². The molecular weight excluding hydrogens is 361 g/mol. The van der Waals surface area contributed by atoms with Crippen molar-refractivity contribution in [3.05, 3.63) is 66.4 Å². The van der Waals surface area contributed by atoms with Gasteiger partial charge in [-0.3, -0.25) is 0 Å². The van der Waals surface area contributed by atoms with Crippen molar-refractivity contribution >= 4 is 16.0 Å². The van der Waals surface area contributed by atoms with E-state index in [0.29, 0.717) is 22.3 Å². The molecule has 0 spiro atoms. The molecule has 0 bridgehead atoms. The minimum absolute atomic E-state index is 0.0461. The Bertz CT molecular complexity index is 1050. The summed E-state index contributed by atoms with van der Waals surface area (Å²) < 4.78 is 46.2. The van der Waals surface area contributed by atoms with Crippen LogP contribution in [0.2, 0.25) is 0 Å². The maximum absolute atomic E-state index is 13.2. The molecule has 0 saturated heterocycles. The first-order valence-corrected chi connectivity index (χ1v) is 8.95. The Morgan fingerprint density at radius 3 is 2.15 bits per heavy atom. The van der Waals surface area contributed by atoms with Crippen LogP contribution in [0.3, 0.4) is 0 Å². The van der Waals surface area contributed by atoms with E-state index in [-0.39, 0.29) is 10.7 Å². The molecule has 1 aromatic heterocycles. The Morgan fingerprint density at radius 2 is 1.62 bits per heavy atom. The zero-order valence-electron chi connectivity index (χ0n) is 13.6. The highest BCUT2D eigenvalue weighted by Gasteiger charge is 2.23. The fourth-order valence-electron chi connectivity index (χ4n) is 2.54. The molecule has 0 saturated carbocycles. The van der Waals surface area contributed by atoms with E-state index in [2.05, 4.69) is 0 Å². The molecular formula is C18H14FNO5S. The smallest absolute Gasteiger partial charge is 0.374 e. The second-order valence-corrected chi connectivity index (χ2v) is 6.98. The second-order valence-electron chi connectivity index (χ2n) is 5.42. The molecule has 0 fully saturated rings. The van der Waals surface area contributed by atoms with Crippen molar-refractivity contribution in [1.82, 2.24) is 0 Å². The number of sulfonamides is 1. The zero-order chi connectivity index (χ0) is 18.9. The maximum atomic E-state index is 13.2. The molecule has 0 amide bonds. The van der Waals surface area contributed by atoms with Crippen molar-refractivity contribution in [2.45, 2.75) is 4.90 Å². The van der Waals surface area contributed by atoms with E-state index in [9.17, 15) is 17.6 Å². The summed E-state index contributed by atoms with van der Waals surface area (Å²) in [7, 11) is -2.62. The van der Waals surface area contributed by atoms with Crippen LogP contribution in [0.25, 0.3) is 22.3 Å². The quantitative estimate of drug-likeness (QED) is 0.706. The van der Waals surface area contributed by atoms with Crippen LogP contribution in [0.1, 0.15) is 10.6 Å². The van der Waals surface area contributed by atoms with E-state index < -0.39 is 21.8 Å². The lowest BCUT2D eigenvalue weighted by atomic mass is 9.97. The Hall–Kier alpha value is -2.97. The van der Waals surface area contributed by atoms with Gasteiger partial charge in [0.05, 0.1) is 12.0 Å². The Labute approximate surface area is 149 Å². The number of nitrogens with two attached hydrogens (primary N) is 1. The van der Waals surface area contributed by atoms with Gasteiger partial charge in [-0.15, -0.1) is 0 Å².